The zero-order valence-electron chi connectivity index (χ0n) is 13.8. The molecule has 6 nitrogen and oxygen atoms in total. The lowest BCUT2D eigenvalue weighted by molar-refractivity contribution is 0.0999. The van der Waals surface area contributed by atoms with Crippen molar-refractivity contribution in [1.82, 2.24) is 0 Å². The van der Waals surface area contributed by atoms with E-state index in [1.165, 1.54) is 36.9 Å². The second-order valence-electron chi connectivity index (χ2n) is 5.90. The fraction of sp³-hybridized carbons (Fsp3) is 0.278. The predicted octanol–water partition coefficient (Wildman–Crippen LogP) is 2.44. The van der Waals surface area contributed by atoms with Crippen LogP contribution in [0.4, 0.5) is 0 Å². The Morgan fingerprint density at radius 2 is 1.76 bits per heavy atom. The largest absolute Gasteiger partial charge is 0.497 e. The quantitative estimate of drug-likeness (QED) is 0.825. The maximum atomic E-state index is 12.6. The number of hydrogen-bond donors (Lipinski definition) is 1. The number of nitrogens with two attached hydrogens (primary N) is 1. The van der Waals surface area contributed by atoms with E-state index in [4.69, 9.17) is 14.7 Å². The highest BCUT2D eigenvalue weighted by Crippen LogP contribution is 2.29. The number of methoxy groups -OCH3 is 1. The molecule has 0 fully saturated rings. The molecule has 0 unspecified atom stereocenters. The van der Waals surface area contributed by atoms with Crippen molar-refractivity contribution in [3.63, 3.8) is 0 Å². The van der Waals surface area contributed by atoms with E-state index in [9.17, 15) is 13.2 Å². The Bertz CT molecular complexity index is 921. The van der Waals surface area contributed by atoms with Crippen LogP contribution in [0.3, 0.4) is 0 Å². The van der Waals surface area contributed by atoms with Crippen molar-refractivity contribution >= 4 is 16.0 Å². The molecule has 1 aliphatic rings. The lowest BCUT2D eigenvalue weighted by Gasteiger charge is -2.17. The molecule has 0 atom stereocenters. The van der Waals surface area contributed by atoms with Gasteiger partial charge in [0.05, 0.1) is 12.7 Å². The fourth-order valence-electron chi connectivity index (χ4n) is 2.93. The maximum Gasteiger partial charge on any atom is 0.339 e. The Balaban J connectivity index is 1.98. The van der Waals surface area contributed by atoms with E-state index in [-0.39, 0.29) is 16.2 Å². The van der Waals surface area contributed by atoms with Crippen molar-refractivity contribution in [2.24, 2.45) is 5.73 Å². The van der Waals surface area contributed by atoms with E-state index in [0.717, 1.165) is 31.2 Å². The lowest BCUT2D eigenvalue weighted by atomic mass is 9.92. The highest BCUT2D eigenvalue weighted by Gasteiger charge is 2.22. The number of benzene rings is 2. The molecule has 0 heterocycles. The molecule has 0 bridgehead atoms. The molecule has 0 saturated heterocycles. The molecule has 0 spiro atoms. The number of fused-ring (bicyclic) bond motifs is 1. The molecule has 1 amide bonds. The van der Waals surface area contributed by atoms with Gasteiger partial charge in [-0.25, -0.2) is 0 Å². The molecule has 2 N–H and O–H groups in total. The van der Waals surface area contributed by atoms with Gasteiger partial charge in [0, 0.05) is 6.07 Å². The molecule has 7 heteroatoms. The molecule has 0 aliphatic heterocycles. The van der Waals surface area contributed by atoms with Crippen LogP contribution in [0.5, 0.6) is 11.5 Å². The summed E-state index contributed by atoms with van der Waals surface area (Å²) < 4.78 is 35.6. The monoisotopic (exact) mass is 361 g/mol. The predicted molar refractivity (Wildman–Crippen MR) is 92.4 cm³/mol. The zero-order chi connectivity index (χ0) is 18.0. The summed E-state index contributed by atoms with van der Waals surface area (Å²) in [4.78, 5) is 11.6. The van der Waals surface area contributed by atoms with Crippen LogP contribution < -0.4 is 14.7 Å². The van der Waals surface area contributed by atoms with Crippen LogP contribution in [-0.2, 0) is 23.0 Å². The Labute approximate surface area is 146 Å². The minimum absolute atomic E-state index is 0.0256. The van der Waals surface area contributed by atoms with Crippen molar-refractivity contribution < 1.29 is 22.1 Å². The second-order valence-corrected chi connectivity index (χ2v) is 7.45. The fourth-order valence-corrected chi connectivity index (χ4v) is 3.93. The molecule has 0 aromatic heterocycles. The van der Waals surface area contributed by atoms with Gasteiger partial charge >= 0.3 is 10.1 Å². The van der Waals surface area contributed by atoms with Crippen LogP contribution in [0, 0.1) is 0 Å². The average molecular weight is 361 g/mol. The van der Waals surface area contributed by atoms with E-state index in [1.54, 1.807) is 6.07 Å². The first-order chi connectivity index (χ1) is 11.9. The van der Waals surface area contributed by atoms with Gasteiger partial charge in [-0.15, -0.1) is 0 Å². The van der Waals surface area contributed by atoms with Crippen LogP contribution in [0.1, 0.15) is 34.3 Å². The number of carbonyl (C=O) groups excluding carboxylic acids is 1. The Morgan fingerprint density at radius 3 is 2.44 bits per heavy atom. The molecule has 25 heavy (non-hydrogen) atoms. The summed E-state index contributed by atoms with van der Waals surface area (Å²) in [6.07, 6.45) is 3.96. The summed E-state index contributed by atoms with van der Waals surface area (Å²) in [5, 5.41) is 0. The van der Waals surface area contributed by atoms with Gasteiger partial charge in [0.25, 0.3) is 5.91 Å². The molecule has 132 valence electrons. The summed E-state index contributed by atoms with van der Waals surface area (Å²) in [7, 11) is -2.66. The molecule has 2 aromatic carbocycles. The maximum absolute atomic E-state index is 12.6. The van der Waals surface area contributed by atoms with Crippen molar-refractivity contribution in [3.8, 4) is 11.5 Å². The summed E-state index contributed by atoms with van der Waals surface area (Å²) in [6, 6.07) is 9.22. The van der Waals surface area contributed by atoms with Gasteiger partial charge in [-0.1, -0.05) is 6.07 Å². The van der Waals surface area contributed by atoms with Gasteiger partial charge in [0.15, 0.2) is 5.75 Å². The molecular weight excluding hydrogens is 342 g/mol. The second kappa shape index (κ2) is 6.76. The standard InChI is InChI=1S/C18H19NO5S/c1-23-14-7-9-16(18(19)20)17(11-14)24-25(21,22)15-8-6-12-4-2-3-5-13(12)10-15/h6-11H,2-5H2,1H3,(H2,19,20). The highest BCUT2D eigenvalue weighted by molar-refractivity contribution is 7.87. The number of primary amides is 1. The molecular formula is C18H19NO5S. The Morgan fingerprint density at radius 1 is 1.04 bits per heavy atom. The highest BCUT2D eigenvalue weighted by atomic mass is 32.2. The van der Waals surface area contributed by atoms with Gasteiger partial charge in [0.2, 0.25) is 0 Å². The topological polar surface area (TPSA) is 95.7 Å². The molecule has 2 aromatic rings. The zero-order valence-corrected chi connectivity index (χ0v) is 14.6. The third-order valence-corrected chi connectivity index (χ3v) is 5.49. The summed E-state index contributed by atoms with van der Waals surface area (Å²) in [6.45, 7) is 0. The molecule has 0 saturated carbocycles. The number of amides is 1. The minimum atomic E-state index is -4.09. The van der Waals surface area contributed by atoms with E-state index in [0.29, 0.717) is 5.75 Å². The minimum Gasteiger partial charge on any atom is -0.497 e. The first-order valence-corrected chi connectivity index (χ1v) is 9.35. The van der Waals surface area contributed by atoms with E-state index < -0.39 is 16.0 Å². The van der Waals surface area contributed by atoms with Gasteiger partial charge in [-0.3, -0.25) is 4.79 Å². The van der Waals surface area contributed by atoms with Crippen LogP contribution in [0.25, 0.3) is 0 Å². The Kier molecular flexibility index (Phi) is 4.67. The van der Waals surface area contributed by atoms with E-state index >= 15 is 0 Å². The third-order valence-electron chi connectivity index (χ3n) is 4.26. The lowest BCUT2D eigenvalue weighted by Crippen LogP contribution is -2.17. The molecule has 0 radical (unpaired) electrons. The van der Waals surface area contributed by atoms with Crippen molar-refractivity contribution in [2.45, 2.75) is 30.6 Å². The SMILES string of the molecule is COc1ccc(C(N)=O)c(OS(=O)(=O)c2ccc3c(c2)CCCC3)c1. The van der Waals surface area contributed by atoms with E-state index in [1.807, 2.05) is 6.07 Å². The summed E-state index contributed by atoms with van der Waals surface area (Å²) >= 11 is 0. The smallest absolute Gasteiger partial charge is 0.339 e. The van der Waals surface area contributed by atoms with E-state index in [2.05, 4.69) is 0 Å². The van der Waals surface area contributed by atoms with Crippen LogP contribution in [-0.4, -0.2) is 21.4 Å². The molecule has 3 rings (SSSR count). The summed E-state index contributed by atoms with van der Waals surface area (Å²) in [5.41, 5.74) is 7.47. The first-order valence-electron chi connectivity index (χ1n) is 7.95. The normalized spacial score (nSPS) is 13.8. The number of ether oxygens (including phenoxy) is 1. The van der Waals surface area contributed by atoms with Crippen molar-refractivity contribution in [2.75, 3.05) is 7.11 Å². The van der Waals surface area contributed by atoms with Crippen molar-refractivity contribution in [3.05, 3.63) is 53.1 Å². The van der Waals surface area contributed by atoms with Crippen molar-refractivity contribution in [1.29, 1.82) is 0 Å². The summed E-state index contributed by atoms with van der Waals surface area (Å²) in [5.74, 6) is -0.566. The van der Waals surface area contributed by atoms with Crippen LogP contribution >= 0.6 is 0 Å². The number of hydrogen-bond acceptors (Lipinski definition) is 5. The van der Waals surface area contributed by atoms with Gasteiger partial charge in [-0.05, 0) is 61.1 Å². The third kappa shape index (κ3) is 3.61. The number of aryl methyl sites for hydroxylation is 2. The van der Waals surface area contributed by atoms with Crippen LogP contribution in [0.15, 0.2) is 41.3 Å². The number of carbonyl (C=O) groups is 1. The van der Waals surface area contributed by atoms with Gasteiger partial charge in [-0.2, -0.15) is 8.42 Å². The first kappa shape index (κ1) is 17.3. The van der Waals surface area contributed by atoms with Gasteiger partial charge in [0.1, 0.15) is 10.6 Å². The average Bonchev–Trinajstić information content (AvgIpc) is 2.60. The number of rotatable bonds is 5. The van der Waals surface area contributed by atoms with Gasteiger partial charge < -0.3 is 14.7 Å². The Hall–Kier alpha value is -2.54. The molecule has 1 aliphatic carbocycles. The van der Waals surface area contributed by atoms with Crippen LogP contribution in [0.2, 0.25) is 0 Å².